The van der Waals surface area contributed by atoms with Crippen molar-refractivity contribution < 1.29 is 18.7 Å². The van der Waals surface area contributed by atoms with Gasteiger partial charge < -0.3 is 15.0 Å². The van der Waals surface area contributed by atoms with E-state index < -0.39 is 17.6 Å². The number of nitrogens with zero attached hydrogens (tertiary/aromatic N) is 1. The van der Waals surface area contributed by atoms with Crippen molar-refractivity contribution in [2.75, 3.05) is 23.9 Å². The molecule has 0 bridgehead atoms. The maximum Gasteiger partial charge on any atom is 0.244 e. The van der Waals surface area contributed by atoms with Crippen LogP contribution in [0.3, 0.4) is 0 Å². The molecule has 0 atom stereocenters. The molecule has 1 N–H and O–H groups in total. The number of benzene rings is 2. The maximum absolute atomic E-state index is 13.8. The Labute approximate surface area is 133 Å². The van der Waals surface area contributed by atoms with Gasteiger partial charge in [-0.05, 0) is 24.3 Å². The van der Waals surface area contributed by atoms with Gasteiger partial charge in [0.2, 0.25) is 11.8 Å². The number of carbonyl (C=O) groups is 2. The topological polar surface area (TPSA) is 58.6 Å². The van der Waals surface area contributed by atoms with Gasteiger partial charge in [-0.1, -0.05) is 18.2 Å². The fourth-order valence-corrected chi connectivity index (χ4v) is 2.08. The van der Waals surface area contributed by atoms with E-state index in [0.717, 1.165) is 4.90 Å². The van der Waals surface area contributed by atoms with Crippen LogP contribution in [0.1, 0.15) is 6.92 Å². The van der Waals surface area contributed by atoms with Crippen LogP contribution in [0.5, 0.6) is 5.75 Å². The Kier molecular flexibility index (Phi) is 5.30. The number of ether oxygens (including phenoxy) is 1. The summed E-state index contributed by atoms with van der Waals surface area (Å²) in [6.45, 7) is 0.999. The lowest BCUT2D eigenvalue weighted by atomic mass is 10.2. The van der Waals surface area contributed by atoms with Gasteiger partial charge in [-0.2, -0.15) is 0 Å². The molecule has 0 aliphatic rings. The molecule has 0 unspecified atom stereocenters. The molecular weight excluding hydrogens is 299 g/mol. The van der Waals surface area contributed by atoms with Crippen molar-refractivity contribution in [3.05, 3.63) is 54.3 Å². The van der Waals surface area contributed by atoms with Crippen LogP contribution < -0.4 is 15.0 Å². The Hall–Kier alpha value is -2.89. The van der Waals surface area contributed by atoms with Crippen LogP contribution >= 0.6 is 0 Å². The lowest BCUT2D eigenvalue weighted by Crippen LogP contribution is -2.37. The molecule has 0 heterocycles. The number of para-hydroxylation sites is 1. The van der Waals surface area contributed by atoms with Crippen LogP contribution in [0.4, 0.5) is 15.8 Å². The van der Waals surface area contributed by atoms with Crippen LogP contribution in [0.2, 0.25) is 0 Å². The van der Waals surface area contributed by atoms with Gasteiger partial charge in [0.15, 0.2) is 0 Å². The number of methoxy groups -OCH3 is 1. The monoisotopic (exact) mass is 316 g/mol. The summed E-state index contributed by atoms with van der Waals surface area (Å²) in [6, 6.07) is 12.6. The number of halogens is 1. The molecule has 2 aromatic rings. The van der Waals surface area contributed by atoms with E-state index >= 15 is 0 Å². The lowest BCUT2D eigenvalue weighted by Gasteiger charge is -2.21. The molecule has 0 aliphatic carbocycles. The standard InChI is InChI=1S/C17H17FN2O3/c1-12(21)20(16-9-4-3-8-15(16)18)11-17(22)19-13-6-5-7-14(10-13)23-2/h3-10H,11H2,1-2H3,(H,19,22). The van der Waals surface area contributed by atoms with Crippen LogP contribution in [0.25, 0.3) is 0 Å². The van der Waals surface area contributed by atoms with E-state index in [0.29, 0.717) is 11.4 Å². The Morgan fingerprint density at radius 1 is 1.17 bits per heavy atom. The molecule has 0 radical (unpaired) electrons. The van der Waals surface area contributed by atoms with Crippen LogP contribution in [0.15, 0.2) is 48.5 Å². The molecule has 2 amide bonds. The second kappa shape index (κ2) is 7.40. The molecule has 23 heavy (non-hydrogen) atoms. The Morgan fingerprint density at radius 3 is 2.57 bits per heavy atom. The average molecular weight is 316 g/mol. The van der Waals surface area contributed by atoms with Gasteiger partial charge >= 0.3 is 0 Å². The van der Waals surface area contributed by atoms with E-state index in [-0.39, 0.29) is 12.2 Å². The predicted molar refractivity (Wildman–Crippen MR) is 86.1 cm³/mol. The van der Waals surface area contributed by atoms with E-state index in [1.807, 2.05) is 0 Å². The van der Waals surface area contributed by atoms with Gasteiger partial charge in [-0.25, -0.2) is 4.39 Å². The number of anilines is 2. The highest BCUT2D eigenvalue weighted by atomic mass is 19.1. The fourth-order valence-electron chi connectivity index (χ4n) is 2.08. The minimum atomic E-state index is -0.558. The molecule has 5 nitrogen and oxygen atoms in total. The molecular formula is C17H17FN2O3. The van der Waals surface area contributed by atoms with E-state index in [1.165, 1.54) is 32.2 Å². The van der Waals surface area contributed by atoms with Crippen molar-refractivity contribution >= 4 is 23.2 Å². The Morgan fingerprint density at radius 2 is 1.91 bits per heavy atom. The predicted octanol–water partition coefficient (Wildman–Crippen LogP) is 2.83. The zero-order valence-corrected chi connectivity index (χ0v) is 12.9. The van der Waals surface area contributed by atoms with Crippen LogP contribution in [-0.4, -0.2) is 25.5 Å². The van der Waals surface area contributed by atoms with E-state index in [2.05, 4.69) is 5.32 Å². The first-order chi connectivity index (χ1) is 11.0. The van der Waals surface area contributed by atoms with Gasteiger partial charge in [-0.3, -0.25) is 9.59 Å². The van der Waals surface area contributed by atoms with Gasteiger partial charge in [-0.15, -0.1) is 0 Å². The van der Waals surface area contributed by atoms with Crippen LogP contribution in [0, 0.1) is 5.82 Å². The third-order valence-electron chi connectivity index (χ3n) is 3.18. The van der Waals surface area contributed by atoms with E-state index in [4.69, 9.17) is 4.74 Å². The first kappa shape index (κ1) is 16.5. The van der Waals surface area contributed by atoms with Gasteiger partial charge in [0, 0.05) is 18.7 Å². The largest absolute Gasteiger partial charge is 0.497 e. The van der Waals surface area contributed by atoms with Crippen molar-refractivity contribution in [1.82, 2.24) is 0 Å². The third-order valence-corrected chi connectivity index (χ3v) is 3.18. The van der Waals surface area contributed by atoms with E-state index in [1.54, 1.807) is 30.3 Å². The summed E-state index contributed by atoms with van der Waals surface area (Å²) in [4.78, 5) is 25.0. The molecule has 120 valence electrons. The van der Waals surface area contributed by atoms with Gasteiger partial charge in [0.05, 0.1) is 12.8 Å². The third kappa shape index (κ3) is 4.29. The second-order valence-electron chi connectivity index (χ2n) is 4.84. The normalized spacial score (nSPS) is 10.0. The summed E-state index contributed by atoms with van der Waals surface area (Å²) in [5.74, 6) is -0.815. The molecule has 0 saturated heterocycles. The van der Waals surface area contributed by atoms with E-state index in [9.17, 15) is 14.0 Å². The number of hydrogen-bond donors (Lipinski definition) is 1. The Balaban J connectivity index is 2.12. The summed E-state index contributed by atoms with van der Waals surface area (Å²) in [7, 11) is 1.52. The minimum Gasteiger partial charge on any atom is -0.497 e. The molecule has 0 aliphatic heterocycles. The summed E-state index contributed by atoms with van der Waals surface area (Å²) in [6.07, 6.45) is 0. The van der Waals surface area contributed by atoms with Crippen molar-refractivity contribution in [3.63, 3.8) is 0 Å². The summed E-state index contributed by atoms with van der Waals surface area (Å²) < 4.78 is 18.9. The smallest absolute Gasteiger partial charge is 0.244 e. The first-order valence-electron chi connectivity index (χ1n) is 6.98. The van der Waals surface area contributed by atoms with Crippen molar-refractivity contribution in [1.29, 1.82) is 0 Å². The average Bonchev–Trinajstić information content (AvgIpc) is 2.53. The molecule has 2 rings (SSSR count). The minimum absolute atomic E-state index is 0.0702. The fraction of sp³-hybridized carbons (Fsp3) is 0.176. The Bertz CT molecular complexity index is 718. The second-order valence-corrected chi connectivity index (χ2v) is 4.84. The highest BCUT2D eigenvalue weighted by molar-refractivity contribution is 6.01. The first-order valence-corrected chi connectivity index (χ1v) is 6.98. The number of amides is 2. The molecule has 0 aromatic heterocycles. The van der Waals surface area contributed by atoms with Crippen molar-refractivity contribution in [3.8, 4) is 5.75 Å². The molecule has 2 aromatic carbocycles. The number of rotatable bonds is 5. The number of nitrogens with one attached hydrogen (secondary N) is 1. The summed E-state index contributed by atoms with van der Waals surface area (Å²) in [5, 5.41) is 2.66. The lowest BCUT2D eigenvalue weighted by molar-refractivity contribution is -0.120. The highest BCUT2D eigenvalue weighted by Gasteiger charge is 2.18. The molecule has 0 fully saturated rings. The quantitative estimate of drug-likeness (QED) is 0.923. The molecule has 0 saturated carbocycles. The van der Waals surface area contributed by atoms with Gasteiger partial charge in [0.25, 0.3) is 0 Å². The number of carbonyl (C=O) groups excluding carboxylic acids is 2. The highest BCUT2D eigenvalue weighted by Crippen LogP contribution is 2.20. The molecule has 6 heteroatoms. The zero-order valence-electron chi connectivity index (χ0n) is 12.9. The SMILES string of the molecule is COc1cccc(NC(=O)CN(C(C)=O)c2ccccc2F)c1. The van der Waals surface area contributed by atoms with Crippen LogP contribution in [-0.2, 0) is 9.59 Å². The molecule has 0 spiro atoms. The van der Waals surface area contributed by atoms with Gasteiger partial charge in [0.1, 0.15) is 18.1 Å². The summed E-state index contributed by atoms with van der Waals surface area (Å²) >= 11 is 0. The summed E-state index contributed by atoms with van der Waals surface area (Å²) in [5.41, 5.74) is 0.604. The zero-order chi connectivity index (χ0) is 16.8. The van der Waals surface area contributed by atoms with Crippen molar-refractivity contribution in [2.45, 2.75) is 6.92 Å². The van der Waals surface area contributed by atoms with Crippen molar-refractivity contribution in [2.24, 2.45) is 0 Å². The number of hydrogen-bond acceptors (Lipinski definition) is 3. The maximum atomic E-state index is 13.8.